The summed E-state index contributed by atoms with van der Waals surface area (Å²) in [5.41, 5.74) is 1.40. The number of carbonyl (C=O) groups is 2. The van der Waals surface area contributed by atoms with Crippen molar-refractivity contribution in [3.63, 3.8) is 0 Å². The van der Waals surface area contributed by atoms with Crippen molar-refractivity contribution in [2.24, 2.45) is 0 Å². The van der Waals surface area contributed by atoms with Gasteiger partial charge in [0.05, 0.1) is 28.4 Å². The minimum absolute atomic E-state index is 0.0628. The summed E-state index contributed by atoms with van der Waals surface area (Å²) in [6.07, 6.45) is 2.09. The van der Waals surface area contributed by atoms with Crippen LogP contribution >= 0.6 is 23.1 Å². The first-order chi connectivity index (χ1) is 14.1. The van der Waals surface area contributed by atoms with E-state index in [0.717, 1.165) is 23.7 Å². The maximum absolute atomic E-state index is 12.7. The number of thiophene rings is 1. The molecule has 2 heterocycles. The highest BCUT2D eigenvalue weighted by Gasteiger charge is 2.25. The predicted octanol–water partition coefficient (Wildman–Crippen LogP) is 4.33. The van der Waals surface area contributed by atoms with Crippen molar-refractivity contribution in [2.75, 3.05) is 12.3 Å². The topological polar surface area (TPSA) is 62.3 Å². The lowest BCUT2D eigenvalue weighted by Crippen LogP contribution is -2.31. The van der Waals surface area contributed by atoms with Crippen LogP contribution in [0.15, 0.2) is 52.9 Å². The lowest BCUT2D eigenvalue weighted by atomic mass is 10.1. The Hall–Kier alpha value is -2.38. The average molecular weight is 426 g/mol. The Labute approximate surface area is 178 Å². The Morgan fingerprint density at radius 2 is 2.07 bits per heavy atom. The molecule has 1 aromatic carbocycles. The molecular formula is C22H23N3O2S2. The molecule has 0 aliphatic heterocycles. The zero-order valence-corrected chi connectivity index (χ0v) is 17.9. The molecule has 4 rings (SSSR count). The van der Waals surface area contributed by atoms with E-state index in [-0.39, 0.29) is 11.8 Å². The number of pyridine rings is 1. The fourth-order valence-electron chi connectivity index (χ4n) is 3.10. The van der Waals surface area contributed by atoms with Crippen LogP contribution in [0.25, 0.3) is 10.9 Å². The van der Waals surface area contributed by atoms with Crippen molar-refractivity contribution >= 4 is 45.8 Å². The Morgan fingerprint density at radius 3 is 2.79 bits per heavy atom. The van der Waals surface area contributed by atoms with Crippen molar-refractivity contribution in [1.82, 2.24) is 15.2 Å². The number of nitrogens with zero attached hydrogens (tertiary/aromatic N) is 2. The second-order valence-corrected chi connectivity index (χ2v) is 9.08. The first-order valence-corrected chi connectivity index (χ1v) is 11.6. The van der Waals surface area contributed by atoms with Crippen LogP contribution in [0, 0.1) is 0 Å². The van der Waals surface area contributed by atoms with Crippen LogP contribution in [0.5, 0.6) is 0 Å². The summed E-state index contributed by atoms with van der Waals surface area (Å²) in [5, 5.41) is 6.62. The average Bonchev–Trinajstić information content (AvgIpc) is 3.40. The molecule has 7 heteroatoms. The van der Waals surface area contributed by atoms with Gasteiger partial charge in [0, 0.05) is 22.8 Å². The molecule has 1 aliphatic carbocycles. The third kappa shape index (κ3) is 4.97. The second kappa shape index (κ2) is 8.97. The molecule has 1 aliphatic rings. The normalized spacial score (nSPS) is 13.4. The van der Waals surface area contributed by atoms with E-state index in [0.29, 0.717) is 35.5 Å². The van der Waals surface area contributed by atoms with Gasteiger partial charge in [-0.05, 0) is 43.3 Å². The summed E-state index contributed by atoms with van der Waals surface area (Å²) in [6.45, 7) is 3.29. The van der Waals surface area contributed by atoms with Crippen molar-refractivity contribution in [1.29, 1.82) is 0 Å². The van der Waals surface area contributed by atoms with Gasteiger partial charge in [-0.2, -0.15) is 0 Å². The zero-order valence-electron chi connectivity index (χ0n) is 16.3. The molecule has 0 atom stereocenters. The van der Waals surface area contributed by atoms with E-state index < -0.39 is 0 Å². The standard InChI is InChI=1S/C22H23N3O2S2/c1-2-25(13-16-6-5-11-28-16)21(26)14-29-20-12-18(22(27)23-15-9-10-15)17-7-3-4-8-19(17)24-20/h3-8,11-12,15H,2,9-10,13-14H2,1H3,(H,23,27). The van der Waals surface area contributed by atoms with E-state index in [1.807, 2.05) is 59.7 Å². The van der Waals surface area contributed by atoms with Gasteiger partial charge < -0.3 is 10.2 Å². The molecule has 2 aromatic heterocycles. The molecule has 1 fully saturated rings. The Balaban J connectivity index is 1.49. The monoisotopic (exact) mass is 425 g/mol. The molecule has 150 valence electrons. The van der Waals surface area contributed by atoms with Crippen molar-refractivity contribution < 1.29 is 9.59 Å². The van der Waals surface area contributed by atoms with Crippen molar-refractivity contribution in [2.45, 2.75) is 37.4 Å². The molecule has 0 saturated heterocycles. The van der Waals surface area contributed by atoms with E-state index >= 15 is 0 Å². The Bertz CT molecular complexity index is 1020. The van der Waals surface area contributed by atoms with Gasteiger partial charge in [0.1, 0.15) is 0 Å². The van der Waals surface area contributed by atoms with Gasteiger partial charge in [0.15, 0.2) is 0 Å². The van der Waals surface area contributed by atoms with Gasteiger partial charge in [0.2, 0.25) is 5.91 Å². The minimum atomic E-state index is -0.0628. The summed E-state index contributed by atoms with van der Waals surface area (Å²) in [7, 11) is 0. The number of thioether (sulfide) groups is 1. The Kier molecular flexibility index (Phi) is 6.16. The van der Waals surface area contributed by atoms with E-state index in [4.69, 9.17) is 0 Å². The molecule has 1 saturated carbocycles. The van der Waals surface area contributed by atoms with Crippen LogP contribution in [0.3, 0.4) is 0 Å². The third-order valence-corrected chi connectivity index (χ3v) is 6.61. The maximum Gasteiger partial charge on any atom is 0.252 e. The van der Waals surface area contributed by atoms with Gasteiger partial charge in [-0.25, -0.2) is 4.98 Å². The van der Waals surface area contributed by atoms with Crippen molar-refractivity contribution in [3.05, 3.63) is 58.3 Å². The number of nitrogens with one attached hydrogen (secondary N) is 1. The number of benzene rings is 1. The van der Waals surface area contributed by atoms with Crippen molar-refractivity contribution in [3.8, 4) is 0 Å². The number of amides is 2. The fourth-order valence-corrected chi connectivity index (χ4v) is 4.64. The number of hydrogen-bond donors (Lipinski definition) is 1. The number of fused-ring (bicyclic) bond motifs is 1. The summed E-state index contributed by atoms with van der Waals surface area (Å²) < 4.78 is 0. The highest BCUT2D eigenvalue weighted by molar-refractivity contribution is 7.99. The summed E-state index contributed by atoms with van der Waals surface area (Å²) in [4.78, 5) is 33.1. The molecule has 0 radical (unpaired) electrons. The molecule has 5 nitrogen and oxygen atoms in total. The van der Waals surface area contributed by atoms with Crippen LogP contribution in [0.1, 0.15) is 35.0 Å². The molecule has 2 amide bonds. The Morgan fingerprint density at radius 1 is 1.24 bits per heavy atom. The molecule has 0 bridgehead atoms. The van der Waals surface area contributed by atoms with Gasteiger partial charge in [-0.3, -0.25) is 9.59 Å². The first kappa shape index (κ1) is 19.9. The number of hydrogen-bond acceptors (Lipinski definition) is 5. The van der Waals surface area contributed by atoms with Crippen LogP contribution in [-0.2, 0) is 11.3 Å². The van der Waals surface area contributed by atoms with E-state index in [1.54, 1.807) is 11.3 Å². The summed E-state index contributed by atoms with van der Waals surface area (Å²) in [6, 6.07) is 13.8. The SMILES string of the molecule is CCN(Cc1cccs1)C(=O)CSc1cc(C(=O)NC2CC2)c2ccccc2n1. The lowest BCUT2D eigenvalue weighted by Gasteiger charge is -2.20. The fraction of sp³-hybridized carbons (Fsp3) is 0.318. The second-order valence-electron chi connectivity index (χ2n) is 7.05. The van der Waals surface area contributed by atoms with Crippen LogP contribution < -0.4 is 5.32 Å². The highest BCUT2D eigenvalue weighted by atomic mass is 32.2. The summed E-state index contributed by atoms with van der Waals surface area (Å²) >= 11 is 3.04. The maximum atomic E-state index is 12.7. The molecule has 3 aromatic rings. The van der Waals surface area contributed by atoms with E-state index in [1.165, 1.54) is 16.6 Å². The smallest absolute Gasteiger partial charge is 0.252 e. The number of para-hydroxylation sites is 1. The number of carbonyl (C=O) groups excluding carboxylic acids is 2. The van der Waals surface area contributed by atoms with Gasteiger partial charge in [-0.1, -0.05) is 36.0 Å². The van der Waals surface area contributed by atoms with Crippen LogP contribution in [0.2, 0.25) is 0 Å². The van der Waals surface area contributed by atoms with E-state index in [9.17, 15) is 9.59 Å². The van der Waals surface area contributed by atoms with E-state index in [2.05, 4.69) is 10.3 Å². The van der Waals surface area contributed by atoms with Gasteiger partial charge >= 0.3 is 0 Å². The highest BCUT2D eigenvalue weighted by Crippen LogP contribution is 2.26. The minimum Gasteiger partial charge on any atom is -0.349 e. The number of aromatic nitrogens is 1. The molecule has 1 N–H and O–H groups in total. The van der Waals surface area contributed by atoms with Crippen LogP contribution in [0.4, 0.5) is 0 Å². The molecule has 0 spiro atoms. The lowest BCUT2D eigenvalue weighted by molar-refractivity contribution is -0.128. The largest absolute Gasteiger partial charge is 0.349 e. The summed E-state index contributed by atoms with van der Waals surface area (Å²) in [5.74, 6) is 0.311. The molecular weight excluding hydrogens is 402 g/mol. The first-order valence-electron chi connectivity index (χ1n) is 9.77. The van der Waals surface area contributed by atoms with Gasteiger partial charge in [0.25, 0.3) is 5.91 Å². The molecule has 29 heavy (non-hydrogen) atoms. The molecule has 0 unspecified atom stereocenters. The van der Waals surface area contributed by atoms with Gasteiger partial charge in [-0.15, -0.1) is 11.3 Å². The predicted molar refractivity (Wildman–Crippen MR) is 118 cm³/mol. The quantitative estimate of drug-likeness (QED) is 0.546. The van der Waals surface area contributed by atoms with Crippen LogP contribution in [-0.4, -0.2) is 40.0 Å². The third-order valence-electron chi connectivity index (χ3n) is 4.85. The number of rotatable bonds is 8. The zero-order chi connectivity index (χ0) is 20.2.